The van der Waals surface area contributed by atoms with Gasteiger partial charge < -0.3 is 10.4 Å². The fourth-order valence-corrected chi connectivity index (χ4v) is 3.35. The maximum Gasteiger partial charge on any atom is 0.257 e. The Morgan fingerprint density at radius 3 is 2.47 bits per heavy atom. The summed E-state index contributed by atoms with van der Waals surface area (Å²) in [5.74, 6) is -0.517. The van der Waals surface area contributed by atoms with Gasteiger partial charge in [0, 0.05) is 35.5 Å². The Morgan fingerprint density at radius 1 is 1.13 bits per heavy atom. The van der Waals surface area contributed by atoms with Crippen molar-refractivity contribution in [3.63, 3.8) is 0 Å². The van der Waals surface area contributed by atoms with Crippen LogP contribution in [0, 0.1) is 26.6 Å². The largest absolute Gasteiger partial charge is 0.396 e. The summed E-state index contributed by atoms with van der Waals surface area (Å²) in [4.78, 5) is 30.3. The number of carbonyl (C=O) groups excluding carboxylic acids is 1. The van der Waals surface area contributed by atoms with Crippen molar-refractivity contribution in [3.8, 4) is 11.4 Å². The van der Waals surface area contributed by atoms with Crippen LogP contribution in [0.25, 0.3) is 11.4 Å². The lowest BCUT2D eigenvalue weighted by Gasteiger charge is -2.16. The number of hydrogen-bond acceptors (Lipinski definition) is 4. The second kappa shape index (κ2) is 9.00. The molecule has 0 bridgehead atoms. The molecule has 1 aromatic heterocycles. The first-order valence-electron chi connectivity index (χ1n) is 9.64. The Balaban J connectivity index is 2.02. The molecule has 0 fully saturated rings. The summed E-state index contributed by atoms with van der Waals surface area (Å²) in [5, 5.41) is 12.1. The standard InChI is InChI=1S/C23H24FN3O3/c1-14-4-9-20(15(2)12-14)26-21(29)13-27-22(17-5-7-18(24)8-6-17)25-16(3)19(10-11-28)23(27)30/h4-9,12,28H,10-11,13H2,1-3H3,(H,26,29). The zero-order valence-electron chi connectivity index (χ0n) is 17.2. The Kier molecular flexibility index (Phi) is 6.42. The molecule has 3 rings (SSSR count). The number of anilines is 1. The third-order valence-corrected chi connectivity index (χ3v) is 4.89. The smallest absolute Gasteiger partial charge is 0.257 e. The lowest BCUT2D eigenvalue weighted by atomic mass is 10.1. The van der Waals surface area contributed by atoms with E-state index in [1.54, 1.807) is 6.92 Å². The number of aryl methyl sites for hydroxylation is 3. The van der Waals surface area contributed by atoms with Gasteiger partial charge >= 0.3 is 0 Å². The molecule has 2 aromatic carbocycles. The van der Waals surface area contributed by atoms with Gasteiger partial charge in [-0.25, -0.2) is 9.37 Å². The molecule has 30 heavy (non-hydrogen) atoms. The van der Waals surface area contributed by atoms with Gasteiger partial charge in [0.2, 0.25) is 5.91 Å². The summed E-state index contributed by atoms with van der Waals surface area (Å²) in [6, 6.07) is 11.2. The van der Waals surface area contributed by atoms with E-state index in [1.165, 1.54) is 28.8 Å². The first kappa shape index (κ1) is 21.4. The molecule has 7 heteroatoms. The number of aliphatic hydroxyl groups excluding tert-OH is 1. The van der Waals surface area contributed by atoms with Gasteiger partial charge in [-0.15, -0.1) is 0 Å². The molecule has 3 aromatic rings. The highest BCUT2D eigenvalue weighted by molar-refractivity contribution is 5.91. The molecule has 1 amide bonds. The van der Waals surface area contributed by atoms with Crippen molar-refractivity contribution in [2.75, 3.05) is 11.9 Å². The van der Waals surface area contributed by atoms with Gasteiger partial charge in [0.25, 0.3) is 5.56 Å². The zero-order chi connectivity index (χ0) is 21.8. The van der Waals surface area contributed by atoms with E-state index < -0.39 is 11.4 Å². The van der Waals surface area contributed by atoms with Gasteiger partial charge in [-0.1, -0.05) is 17.7 Å². The minimum absolute atomic E-state index is 0.139. The van der Waals surface area contributed by atoms with Gasteiger partial charge in [-0.05, 0) is 56.7 Å². The van der Waals surface area contributed by atoms with Crippen LogP contribution in [-0.4, -0.2) is 27.2 Å². The topological polar surface area (TPSA) is 84.2 Å². The number of nitrogens with zero attached hydrogens (tertiary/aromatic N) is 2. The summed E-state index contributed by atoms with van der Waals surface area (Å²) in [6.45, 7) is 5.08. The number of halogens is 1. The third kappa shape index (κ3) is 4.63. The Morgan fingerprint density at radius 2 is 1.83 bits per heavy atom. The van der Waals surface area contributed by atoms with Crippen molar-refractivity contribution in [1.82, 2.24) is 9.55 Å². The summed E-state index contributed by atoms with van der Waals surface area (Å²) in [7, 11) is 0. The van der Waals surface area contributed by atoms with Crippen molar-refractivity contribution >= 4 is 11.6 Å². The minimum atomic E-state index is -0.408. The summed E-state index contributed by atoms with van der Waals surface area (Å²) in [6.07, 6.45) is 0.139. The number of amides is 1. The van der Waals surface area contributed by atoms with Crippen LogP contribution in [0.3, 0.4) is 0 Å². The number of aromatic nitrogens is 2. The average Bonchev–Trinajstić information content (AvgIpc) is 2.70. The fraction of sp³-hybridized carbons (Fsp3) is 0.261. The van der Waals surface area contributed by atoms with Crippen molar-refractivity contribution in [1.29, 1.82) is 0 Å². The second-order valence-electron chi connectivity index (χ2n) is 7.24. The number of nitrogens with one attached hydrogen (secondary N) is 1. The molecule has 0 spiro atoms. The summed E-state index contributed by atoms with van der Waals surface area (Å²) in [5.41, 5.74) is 3.60. The highest BCUT2D eigenvalue weighted by atomic mass is 19.1. The van der Waals surface area contributed by atoms with Crippen LogP contribution in [0.5, 0.6) is 0 Å². The van der Waals surface area contributed by atoms with Crippen LogP contribution >= 0.6 is 0 Å². The van der Waals surface area contributed by atoms with Gasteiger partial charge in [0.15, 0.2) is 0 Å². The van der Waals surface area contributed by atoms with E-state index in [0.717, 1.165) is 11.1 Å². The lowest BCUT2D eigenvalue weighted by molar-refractivity contribution is -0.116. The van der Waals surface area contributed by atoms with Gasteiger partial charge in [0.05, 0.1) is 0 Å². The number of carbonyl (C=O) groups is 1. The minimum Gasteiger partial charge on any atom is -0.396 e. The molecule has 0 saturated carbocycles. The first-order valence-corrected chi connectivity index (χ1v) is 9.64. The van der Waals surface area contributed by atoms with Crippen molar-refractivity contribution in [2.24, 2.45) is 0 Å². The van der Waals surface area contributed by atoms with E-state index in [0.29, 0.717) is 22.5 Å². The molecule has 156 valence electrons. The van der Waals surface area contributed by atoms with E-state index in [9.17, 15) is 19.1 Å². The summed E-state index contributed by atoms with van der Waals surface area (Å²) >= 11 is 0. The molecular weight excluding hydrogens is 385 g/mol. The first-order chi connectivity index (χ1) is 14.3. The van der Waals surface area contributed by atoms with E-state index >= 15 is 0 Å². The van der Waals surface area contributed by atoms with Gasteiger partial charge in [0.1, 0.15) is 18.2 Å². The van der Waals surface area contributed by atoms with E-state index in [4.69, 9.17) is 0 Å². The van der Waals surface area contributed by atoms with Gasteiger partial charge in [-0.2, -0.15) is 0 Å². The molecule has 0 atom stereocenters. The molecule has 6 nitrogen and oxygen atoms in total. The van der Waals surface area contributed by atoms with Crippen LogP contribution in [0.1, 0.15) is 22.4 Å². The zero-order valence-corrected chi connectivity index (χ0v) is 17.2. The van der Waals surface area contributed by atoms with Crippen molar-refractivity contribution in [3.05, 3.63) is 81.0 Å². The average molecular weight is 409 g/mol. The van der Waals surface area contributed by atoms with Crippen LogP contribution < -0.4 is 10.9 Å². The molecule has 2 N–H and O–H groups in total. The van der Waals surface area contributed by atoms with Crippen LogP contribution in [0.2, 0.25) is 0 Å². The van der Waals surface area contributed by atoms with Crippen LogP contribution in [0.4, 0.5) is 10.1 Å². The number of rotatable bonds is 6. The maximum absolute atomic E-state index is 13.4. The lowest BCUT2D eigenvalue weighted by Crippen LogP contribution is -2.33. The molecule has 1 heterocycles. The Bertz CT molecular complexity index is 1140. The second-order valence-corrected chi connectivity index (χ2v) is 7.24. The fourth-order valence-electron chi connectivity index (χ4n) is 3.35. The normalized spacial score (nSPS) is 10.8. The number of hydrogen-bond donors (Lipinski definition) is 2. The van der Waals surface area contributed by atoms with Crippen molar-refractivity contribution in [2.45, 2.75) is 33.7 Å². The molecular formula is C23H24FN3O3. The van der Waals surface area contributed by atoms with Gasteiger partial charge in [-0.3, -0.25) is 14.2 Å². The highest BCUT2D eigenvalue weighted by Crippen LogP contribution is 2.19. The van der Waals surface area contributed by atoms with Crippen molar-refractivity contribution < 1.29 is 14.3 Å². The monoisotopic (exact) mass is 409 g/mol. The SMILES string of the molecule is Cc1ccc(NC(=O)Cn2c(-c3ccc(F)cc3)nc(C)c(CCO)c2=O)c(C)c1. The number of aliphatic hydroxyl groups is 1. The molecule has 0 unspecified atom stereocenters. The van der Waals surface area contributed by atoms with E-state index in [2.05, 4.69) is 10.3 Å². The highest BCUT2D eigenvalue weighted by Gasteiger charge is 2.18. The predicted octanol–water partition coefficient (Wildman–Crippen LogP) is 3.15. The molecule has 0 radical (unpaired) electrons. The third-order valence-electron chi connectivity index (χ3n) is 4.89. The Labute approximate surface area is 174 Å². The van der Waals surface area contributed by atoms with Crippen LogP contribution in [0.15, 0.2) is 47.3 Å². The number of benzene rings is 2. The van der Waals surface area contributed by atoms with E-state index in [-0.39, 0.29) is 31.3 Å². The molecule has 0 aliphatic rings. The Hall–Kier alpha value is -3.32. The molecule has 0 aliphatic carbocycles. The van der Waals surface area contributed by atoms with Crippen LogP contribution in [-0.2, 0) is 17.8 Å². The molecule has 0 aliphatic heterocycles. The quantitative estimate of drug-likeness (QED) is 0.655. The molecule has 0 saturated heterocycles. The maximum atomic E-state index is 13.4. The predicted molar refractivity (Wildman–Crippen MR) is 114 cm³/mol. The summed E-state index contributed by atoms with van der Waals surface area (Å²) < 4.78 is 14.6. The van der Waals surface area contributed by atoms with E-state index in [1.807, 2.05) is 32.0 Å².